The minimum absolute atomic E-state index is 0.485. The quantitative estimate of drug-likeness (QED) is 0.253. The van der Waals surface area contributed by atoms with E-state index in [9.17, 15) is 5.53 Å². The van der Waals surface area contributed by atoms with Crippen molar-refractivity contribution in [3.05, 3.63) is 80.4 Å². The predicted molar refractivity (Wildman–Crippen MR) is 109 cm³/mol. The van der Waals surface area contributed by atoms with Gasteiger partial charge in [0.1, 0.15) is 4.86 Å². The van der Waals surface area contributed by atoms with Gasteiger partial charge in [-0.1, -0.05) is 65.8 Å². The number of fused-ring (bicyclic) bond motifs is 4. The predicted octanol–water partition coefficient (Wildman–Crippen LogP) is 6.27. The Labute approximate surface area is 167 Å². The molecule has 130 valence electrons. The maximum absolute atomic E-state index is 10.8. The highest BCUT2D eigenvalue weighted by molar-refractivity contribution is 7.81. The Morgan fingerprint density at radius 2 is 1.92 bits per heavy atom. The summed E-state index contributed by atoms with van der Waals surface area (Å²) in [5.41, 5.74) is 16.0. The smallest absolute Gasteiger partial charge is 0.276 e. The first-order chi connectivity index (χ1) is 12.5. The van der Waals surface area contributed by atoms with Crippen molar-refractivity contribution in [3.63, 3.8) is 0 Å². The third-order valence-corrected chi connectivity index (χ3v) is 7.37. The lowest BCUT2D eigenvalue weighted by molar-refractivity contribution is -0.378. The molecule has 0 saturated carbocycles. The van der Waals surface area contributed by atoms with Gasteiger partial charge in [0.25, 0.3) is 11.2 Å². The number of rotatable bonds is 2. The van der Waals surface area contributed by atoms with E-state index in [0.29, 0.717) is 16.0 Å². The third-order valence-electron chi connectivity index (χ3n) is 6.06. The highest BCUT2D eigenvalue weighted by Gasteiger charge is 2.70. The second kappa shape index (κ2) is 5.72. The molecule has 0 spiro atoms. The normalized spacial score (nSPS) is 26.1. The molecule has 1 saturated heterocycles. The Morgan fingerprint density at radius 1 is 1.12 bits per heavy atom. The molecule has 1 fully saturated rings. The van der Waals surface area contributed by atoms with Crippen LogP contribution in [0.4, 0.5) is 0 Å². The van der Waals surface area contributed by atoms with Gasteiger partial charge >= 0.3 is 0 Å². The molecule has 0 radical (unpaired) electrons. The van der Waals surface area contributed by atoms with Crippen LogP contribution in [0.15, 0.2) is 48.2 Å². The second-order valence-electron chi connectivity index (χ2n) is 7.32. The van der Waals surface area contributed by atoms with Gasteiger partial charge in [0.2, 0.25) is 0 Å². The topological polar surface area (TPSA) is 25.3 Å². The maximum atomic E-state index is 10.8. The molecule has 2 atom stereocenters. The summed E-state index contributed by atoms with van der Waals surface area (Å²) in [4.78, 5) is 0.725. The van der Waals surface area contributed by atoms with Gasteiger partial charge in [-0.05, 0) is 54.0 Å². The first kappa shape index (κ1) is 16.6. The molecule has 1 heterocycles. The van der Waals surface area contributed by atoms with Crippen LogP contribution in [0.2, 0.25) is 10.0 Å². The number of halogens is 2. The van der Waals surface area contributed by atoms with E-state index in [1.165, 1.54) is 21.4 Å². The number of thiocarbonyl (C=S) groups is 1. The van der Waals surface area contributed by atoms with Gasteiger partial charge in [-0.3, -0.25) is 4.70 Å². The van der Waals surface area contributed by atoms with Crippen molar-refractivity contribution in [2.45, 2.75) is 31.2 Å². The average molecular weight is 399 g/mol. The van der Waals surface area contributed by atoms with Crippen molar-refractivity contribution in [1.82, 2.24) is 0 Å². The van der Waals surface area contributed by atoms with Gasteiger partial charge in [0, 0.05) is 12.0 Å². The van der Waals surface area contributed by atoms with E-state index < -0.39 is 5.54 Å². The van der Waals surface area contributed by atoms with Gasteiger partial charge < -0.3 is 5.53 Å². The standard InChI is InChI=1S/C21H16Cl2N2S/c22-16-8-7-14(11-17(16)23)20(26)21-10-9-13-6-5-12-3-1-2-4-15(12)18(13)19(21)25(21)24/h1-4,7-8,11,13H,5-6,9-10H2. The average Bonchev–Trinajstić information content (AvgIpc) is 3.29. The van der Waals surface area contributed by atoms with E-state index >= 15 is 0 Å². The van der Waals surface area contributed by atoms with Gasteiger partial charge in [-0.25, -0.2) is 0 Å². The molecule has 2 aromatic carbocycles. The molecule has 0 N–H and O–H groups in total. The lowest BCUT2D eigenvalue weighted by atomic mass is 9.71. The number of hydrogen-bond donors (Lipinski definition) is 0. The van der Waals surface area contributed by atoms with E-state index in [1.54, 1.807) is 12.1 Å². The van der Waals surface area contributed by atoms with Crippen molar-refractivity contribution in [1.29, 1.82) is 0 Å². The van der Waals surface area contributed by atoms with Crippen LogP contribution in [0.5, 0.6) is 0 Å². The molecule has 26 heavy (non-hydrogen) atoms. The Balaban J connectivity index is 1.65. The van der Waals surface area contributed by atoms with E-state index in [1.807, 2.05) is 6.07 Å². The fourth-order valence-electron chi connectivity index (χ4n) is 4.71. The summed E-state index contributed by atoms with van der Waals surface area (Å²) >= 11 is 18.1. The lowest BCUT2D eigenvalue weighted by Gasteiger charge is -2.28. The molecule has 5 heteroatoms. The van der Waals surface area contributed by atoms with Crippen molar-refractivity contribution in [2.24, 2.45) is 5.92 Å². The Morgan fingerprint density at radius 3 is 2.73 bits per heavy atom. The molecule has 0 aromatic heterocycles. The van der Waals surface area contributed by atoms with Crippen LogP contribution in [-0.2, 0) is 6.42 Å². The molecule has 0 amide bonds. The molecule has 2 aliphatic carbocycles. The van der Waals surface area contributed by atoms with Crippen LogP contribution >= 0.6 is 35.4 Å². The Hall–Kier alpha value is -1.55. The van der Waals surface area contributed by atoms with Crippen molar-refractivity contribution in [3.8, 4) is 0 Å². The van der Waals surface area contributed by atoms with Crippen LogP contribution in [-0.4, -0.2) is 15.1 Å². The summed E-state index contributed by atoms with van der Waals surface area (Å²) in [7, 11) is 0. The number of hydrogen-bond acceptors (Lipinski definition) is 1. The van der Waals surface area contributed by atoms with E-state index in [-0.39, 0.29) is 0 Å². The summed E-state index contributed by atoms with van der Waals surface area (Å²) in [6.07, 6.45) is 4.12. The molecule has 3 aliphatic rings. The van der Waals surface area contributed by atoms with Gasteiger partial charge in [0.05, 0.1) is 10.0 Å². The Kier molecular flexibility index (Phi) is 3.66. The zero-order chi connectivity index (χ0) is 18.1. The van der Waals surface area contributed by atoms with Gasteiger partial charge in [-0.15, -0.1) is 0 Å². The number of benzene rings is 2. The zero-order valence-electron chi connectivity index (χ0n) is 14.0. The minimum atomic E-state index is -0.567. The molecule has 5 rings (SSSR count). The van der Waals surface area contributed by atoms with Crippen LogP contribution < -0.4 is 0 Å². The van der Waals surface area contributed by atoms with Crippen LogP contribution in [0, 0.1) is 5.92 Å². The maximum Gasteiger partial charge on any atom is 0.276 e. The SMILES string of the molecule is [N-]=[N+]1C2=C3c4ccccc4CCC3CCC21C(=S)c1ccc(Cl)c(Cl)c1. The van der Waals surface area contributed by atoms with Crippen LogP contribution in [0.1, 0.15) is 36.0 Å². The highest BCUT2D eigenvalue weighted by Crippen LogP contribution is 2.59. The van der Waals surface area contributed by atoms with E-state index in [2.05, 4.69) is 24.3 Å². The first-order valence-corrected chi connectivity index (χ1v) is 10.0. The highest BCUT2D eigenvalue weighted by atomic mass is 35.5. The van der Waals surface area contributed by atoms with Crippen molar-refractivity contribution < 1.29 is 4.70 Å². The molecule has 2 aromatic rings. The van der Waals surface area contributed by atoms with Gasteiger partial charge in [0.15, 0.2) is 0 Å². The second-order valence-corrected chi connectivity index (χ2v) is 8.55. The van der Waals surface area contributed by atoms with Crippen LogP contribution in [0.25, 0.3) is 11.1 Å². The minimum Gasteiger partial charge on any atom is -0.499 e. The Bertz CT molecular complexity index is 1030. The summed E-state index contributed by atoms with van der Waals surface area (Å²) < 4.78 is 1.40. The van der Waals surface area contributed by atoms with E-state index in [0.717, 1.165) is 41.8 Å². The molecule has 2 nitrogen and oxygen atoms in total. The largest absolute Gasteiger partial charge is 0.499 e. The van der Waals surface area contributed by atoms with Gasteiger partial charge in [-0.2, -0.15) is 0 Å². The fraction of sp³-hybridized carbons (Fsp3) is 0.286. The van der Waals surface area contributed by atoms with Crippen molar-refractivity contribution >= 4 is 45.9 Å². The summed E-state index contributed by atoms with van der Waals surface area (Å²) in [6, 6.07) is 14.0. The summed E-state index contributed by atoms with van der Waals surface area (Å²) in [5.74, 6) is 0.502. The van der Waals surface area contributed by atoms with Crippen molar-refractivity contribution in [2.75, 3.05) is 0 Å². The molecule has 0 bridgehead atoms. The lowest BCUT2D eigenvalue weighted by Crippen LogP contribution is -2.30. The van der Waals surface area contributed by atoms with E-state index in [4.69, 9.17) is 35.4 Å². The summed E-state index contributed by atoms with van der Waals surface area (Å²) in [5, 5.41) is 0.995. The first-order valence-electron chi connectivity index (χ1n) is 8.86. The number of aryl methyl sites for hydroxylation is 1. The summed E-state index contributed by atoms with van der Waals surface area (Å²) in [6.45, 7) is 0. The number of allylic oxidation sites excluding steroid dienone is 1. The molecule has 1 aliphatic heterocycles. The molecular formula is C21H16Cl2N2S. The molecular weight excluding hydrogens is 383 g/mol. The fourth-order valence-corrected chi connectivity index (χ4v) is 5.42. The molecule has 2 unspecified atom stereocenters. The van der Waals surface area contributed by atoms with Crippen LogP contribution in [0.3, 0.4) is 0 Å². The monoisotopic (exact) mass is 398 g/mol. The zero-order valence-corrected chi connectivity index (χ0v) is 16.3. The number of nitrogens with zero attached hydrogens (tertiary/aromatic N) is 2. The third kappa shape index (κ3) is 2.14.